The largest absolute Gasteiger partial charge is 0.417 e. The number of hydrogen-bond donors (Lipinski definition) is 0. The average molecular weight is 308 g/mol. The quantitative estimate of drug-likeness (QED) is 0.721. The summed E-state index contributed by atoms with van der Waals surface area (Å²) in [6.45, 7) is 0.512. The highest BCUT2D eigenvalue weighted by Gasteiger charge is 2.27. The lowest BCUT2D eigenvalue weighted by molar-refractivity contribution is 0.132. The van der Waals surface area contributed by atoms with Gasteiger partial charge in [-0.05, 0) is 18.2 Å². The molecule has 4 rings (SSSR count). The molecule has 0 aliphatic carbocycles. The van der Waals surface area contributed by atoms with Gasteiger partial charge in [-0.2, -0.15) is 0 Å². The van der Waals surface area contributed by atoms with E-state index in [2.05, 4.69) is 4.98 Å². The molecule has 0 fully saturated rings. The first-order chi connectivity index (χ1) is 11.2. The Morgan fingerprint density at radius 1 is 1.13 bits per heavy atom. The predicted molar refractivity (Wildman–Crippen MR) is 83.4 cm³/mol. The van der Waals surface area contributed by atoms with Crippen molar-refractivity contribution in [3.63, 3.8) is 0 Å². The third-order valence-electron chi connectivity index (χ3n) is 3.89. The molecule has 2 aromatic carbocycles. The van der Waals surface area contributed by atoms with Crippen LogP contribution in [0.2, 0.25) is 0 Å². The van der Waals surface area contributed by atoms with E-state index in [1.54, 1.807) is 18.2 Å². The van der Waals surface area contributed by atoms with Gasteiger partial charge in [0.2, 0.25) is 5.88 Å². The van der Waals surface area contributed by atoms with Crippen molar-refractivity contribution >= 4 is 17.0 Å². The third-order valence-corrected chi connectivity index (χ3v) is 3.89. The number of para-hydroxylation sites is 1. The van der Waals surface area contributed by atoms with Crippen molar-refractivity contribution in [3.8, 4) is 5.88 Å². The third kappa shape index (κ3) is 2.50. The van der Waals surface area contributed by atoms with Crippen molar-refractivity contribution in [2.45, 2.75) is 13.1 Å². The van der Waals surface area contributed by atoms with E-state index in [4.69, 9.17) is 4.74 Å². The normalized spacial score (nSPS) is 13.8. The molecule has 0 atom stereocenters. The monoisotopic (exact) mass is 308 g/mol. The zero-order valence-electron chi connectivity index (χ0n) is 12.2. The smallest absolute Gasteiger partial charge is 0.391 e. The maximum absolute atomic E-state index is 13.8. The Labute approximate surface area is 132 Å². The van der Waals surface area contributed by atoms with Crippen LogP contribution in [0.15, 0.2) is 54.6 Å². The minimum Gasteiger partial charge on any atom is -0.391 e. The van der Waals surface area contributed by atoms with Crippen LogP contribution in [0.3, 0.4) is 0 Å². The summed E-state index contributed by atoms with van der Waals surface area (Å²) in [5.41, 5.74) is 2.06. The fourth-order valence-electron chi connectivity index (χ4n) is 2.71. The van der Waals surface area contributed by atoms with Crippen molar-refractivity contribution in [1.82, 2.24) is 9.88 Å². The molecule has 114 valence electrons. The average Bonchev–Trinajstić information content (AvgIpc) is 2.56. The Balaban J connectivity index is 1.67. The van der Waals surface area contributed by atoms with Crippen molar-refractivity contribution in [2.24, 2.45) is 0 Å². The van der Waals surface area contributed by atoms with Gasteiger partial charge in [-0.3, -0.25) is 4.90 Å². The number of aromatic nitrogens is 1. The molecule has 0 saturated carbocycles. The van der Waals surface area contributed by atoms with Crippen molar-refractivity contribution < 1.29 is 13.9 Å². The van der Waals surface area contributed by atoms with Crippen LogP contribution in [0.5, 0.6) is 5.88 Å². The van der Waals surface area contributed by atoms with Gasteiger partial charge in [0.15, 0.2) is 0 Å². The maximum atomic E-state index is 13.8. The number of pyridine rings is 1. The Morgan fingerprint density at radius 3 is 2.78 bits per heavy atom. The SMILES string of the molecule is O=C1Oc2nc3ccccc3cc2CN1Cc1ccccc1F. The summed E-state index contributed by atoms with van der Waals surface area (Å²) in [6.07, 6.45) is -0.511. The molecule has 3 aromatic rings. The van der Waals surface area contributed by atoms with Gasteiger partial charge in [0.1, 0.15) is 5.82 Å². The second-order valence-electron chi connectivity index (χ2n) is 5.46. The van der Waals surface area contributed by atoms with E-state index in [1.807, 2.05) is 30.3 Å². The van der Waals surface area contributed by atoms with E-state index >= 15 is 0 Å². The topological polar surface area (TPSA) is 42.4 Å². The van der Waals surface area contributed by atoms with Gasteiger partial charge in [0.05, 0.1) is 18.6 Å². The zero-order chi connectivity index (χ0) is 15.8. The Morgan fingerprint density at radius 2 is 1.91 bits per heavy atom. The first-order valence-electron chi connectivity index (χ1n) is 7.29. The van der Waals surface area contributed by atoms with E-state index in [-0.39, 0.29) is 12.4 Å². The number of hydrogen-bond acceptors (Lipinski definition) is 3. The van der Waals surface area contributed by atoms with Crippen LogP contribution >= 0.6 is 0 Å². The van der Waals surface area contributed by atoms with Gasteiger partial charge in [0, 0.05) is 16.5 Å². The van der Waals surface area contributed by atoms with E-state index < -0.39 is 6.09 Å². The van der Waals surface area contributed by atoms with E-state index in [1.165, 1.54) is 11.0 Å². The minimum absolute atomic E-state index is 0.164. The fraction of sp³-hybridized carbons (Fsp3) is 0.111. The summed E-state index contributed by atoms with van der Waals surface area (Å²) in [5, 5.41) is 0.982. The van der Waals surface area contributed by atoms with Gasteiger partial charge < -0.3 is 4.74 Å². The maximum Gasteiger partial charge on any atom is 0.417 e. The van der Waals surface area contributed by atoms with E-state index in [0.29, 0.717) is 18.0 Å². The van der Waals surface area contributed by atoms with Crippen LogP contribution in [0.4, 0.5) is 9.18 Å². The number of halogens is 1. The lowest BCUT2D eigenvalue weighted by Gasteiger charge is -2.27. The predicted octanol–water partition coefficient (Wildman–Crippen LogP) is 3.89. The van der Waals surface area contributed by atoms with E-state index in [0.717, 1.165) is 16.5 Å². The van der Waals surface area contributed by atoms with Crippen molar-refractivity contribution in [3.05, 3.63) is 71.5 Å². The first-order valence-corrected chi connectivity index (χ1v) is 7.29. The van der Waals surface area contributed by atoms with Crippen LogP contribution in [-0.2, 0) is 13.1 Å². The highest BCUT2D eigenvalue weighted by Crippen LogP contribution is 2.28. The number of rotatable bonds is 2. The molecule has 2 heterocycles. The molecule has 1 aliphatic heterocycles. The Hall–Kier alpha value is -2.95. The van der Waals surface area contributed by atoms with Crippen molar-refractivity contribution in [1.29, 1.82) is 0 Å². The van der Waals surface area contributed by atoms with Crippen LogP contribution in [0, 0.1) is 5.82 Å². The lowest BCUT2D eigenvalue weighted by Crippen LogP contribution is -2.37. The van der Waals surface area contributed by atoms with Crippen LogP contribution in [0.25, 0.3) is 10.9 Å². The summed E-state index contributed by atoms with van der Waals surface area (Å²) in [5.74, 6) is 0.00113. The molecule has 0 N–H and O–H groups in total. The highest BCUT2D eigenvalue weighted by atomic mass is 19.1. The summed E-state index contributed by atoms with van der Waals surface area (Å²) in [4.78, 5) is 18.0. The lowest BCUT2D eigenvalue weighted by atomic mass is 10.1. The summed E-state index contributed by atoms with van der Waals surface area (Å²) >= 11 is 0. The number of carbonyl (C=O) groups is 1. The Bertz CT molecular complexity index is 910. The van der Waals surface area contributed by atoms with Gasteiger partial charge in [-0.1, -0.05) is 36.4 Å². The van der Waals surface area contributed by atoms with Crippen LogP contribution < -0.4 is 4.74 Å². The molecule has 0 radical (unpaired) electrons. The number of amides is 1. The molecule has 0 unspecified atom stereocenters. The number of fused-ring (bicyclic) bond motifs is 2. The molecule has 0 spiro atoms. The fourth-order valence-corrected chi connectivity index (χ4v) is 2.71. The summed E-state index contributed by atoms with van der Waals surface area (Å²) in [6, 6.07) is 16.0. The Kier molecular flexibility index (Phi) is 3.19. The molecule has 1 amide bonds. The van der Waals surface area contributed by atoms with Gasteiger partial charge >= 0.3 is 6.09 Å². The number of ether oxygens (including phenoxy) is 1. The molecule has 1 aliphatic rings. The molecule has 4 nitrogen and oxygen atoms in total. The molecule has 0 saturated heterocycles. The van der Waals surface area contributed by atoms with Gasteiger partial charge in [-0.15, -0.1) is 0 Å². The molecule has 23 heavy (non-hydrogen) atoms. The minimum atomic E-state index is -0.511. The molecule has 1 aromatic heterocycles. The highest BCUT2D eigenvalue weighted by molar-refractivity contribution is 5.82. The standard InChI is InChI=1S/C18H13FN2O2/c19-15-7-3-1-6-13(15)10-21-11-14-9-12-5-2-4-8-16(12)20-17(14)23-18(21)22/h1-9H,10-11H2. The summed E-state index contributed by atoms with van der Waals surface area (Å²) < 4.78 is 19.1. The molecular formula is C18H13FN2O2. The van der Waals surface area contributed by atoms with Gasteiger partial charge in [-0.25, -0.2) is 14.2 Å². The first kappa shape index (κ1) is 13.7. The van der Waals surface area contributed by atoms with Crippen LogP contribution in [0.1, 0.15) is 11.1 Å². The summed E-state index contributed by atoms with van der Waals surface area (Å²) in [7, 11) is 0. The zero-order valence-corrected chi connectivity index (χ0v) is 12.2. The molecule has 5 heteroatoms. The molecular weight excluding hydrogens is 295 g/mol. The van der Waals surface area contributed by atoms with Crippen LogP contribution in [-0.4, -0.2) is 16.0 Å². The second kappa shape index (κ2) is 5.35. The van der Waals surface area contributed by atoms with Gasteiger partial charge in [0.25, 0.3) is 0 Å². The second-order valence-corrected chi connectivity index (χ2v) is 5.46. The number of benzene rings is 2. The number of carbonyl (C=O) groups excluding carboxylic acids is 1. The number of nitrogens with zero attached hydrogens (tertiary/aromatic N) is 2. The van der Waals surface area contributed by atoms with E-state index in [9.17, 15) is 9.18 Å². The molecule has 0 bridgehead atoms. The van der Waals surface area contributed by atoms with Crippen molar-refractivity contribution in [2.75, 3.05) is 0 Å².